The molecule has 0 bridgehead atoms. The highest BCUT2D eigenvalue weighted by Gasteiger charge is 2.30. The Bertz CT molecular complexity index is 1030. The van der Waals surface area contributed by atoms with Crippen molar-refractivity contribution in [2.45, 2.75) is 58.9 Å². The molecule has 2 amide bonds. The van der Waals surface area contributed by atoms with Crippen molar-refractivity contribution in [1.82, 2.24) is 10.6 Å². The number of benzene rings is 2. The van der Waals surface area contributed by atoms with Gasteiger partial charge in [0, 0.05) is 0 Å². The first-order chi connectivity index (χ1) is 16.9. The second kappa shape index (κ2) is 13.0. The molecule has 0 aliphatic heterocycles. The van der Waals surface area contributed by atoms with Crippen molar-refractivity contribution in [3.63, 3.8) is 0 Å². The largest absolute Gasteiger partial charge is 0.467 e. The van der Waals surface area contributed by atoms with Gasteiger partial charge in [-0.3, -0.25) is 4.79 Å². The van der Waals surface area contributed by atoms with Crippen LogP contribution in [-0.2, 0) is 30.4 Å². The molecule has 2 N–H and O–H groups in total. The van der Waals surface area contributed by atoms with Gasteiger partial charge in [-0.2, -0.15) is 0 Å². The van der Waals surface area contributed by atoms with E-state index >= 15 is 0 Å². The molecule has 0 radical (unpaired) electrons. The highest BCUT2D eigenvalue weighted by atomic mass is 19.1. The van der Waals surface area contributed by atoms with Gasteiger partial charge in [0.15, 0.2) is 0 Å². The van der Waals surface area contributed by atoms with E-state index in [9.17, 15) is 18.8 Å². The van der Waals surface area contributed by atoms with Crippen molar-refractivity contribution in [2.75, 3.05) is 13.7 Å². The monoisotopic (exact) mass is 502 g/mol. The van der Waals surface area contributed by atoms with Crippen molar-refractivity contribution in [3.05, 3.63) is 59.9 Å². The predicted octanol–water partition coefficient (Wildman–Crippen LogP) is 4.22. The van der Waals surface area contributed by atoms with Crippen molar-refractivity contribution in [2.24, 2.45) is 5.92 Å². The average Bonchev–Trinajstić information content (AvgIpc) is 2.80. The van der Waals surface area contributed by atoms with Gasteiger partial charge in [0.25, 0.3) is 0 Å². The van der Waals surface area contributed by atoms with Gasteiger partial charge in [0.2, 0.25) is 5.91 Å². The summed E-state index contributed by atoms with van der Waals surface area (Å²) in [5.74, 6) is -1.74. The number of amides is 2. The van der Waals surface area contributed by atoms with E-state index in [1.807, 2.05) is 30.3 Å². The molecule has 0 spiro atoms. The third-order valence-electron chi connectivity index (χ3n) is 5.09. The fourth-order valence-electron chi connectivity index (χ4n) is 3.27. The van der Waals surface area contributed by atoms with Gasteiger partial charge in [-0.25, -0.2) is 14.0 Å². The molecule has 2 aromatic rings. The third-order valence-corrected chi connectivity index (χ3v) is 5.09. The smallest absolute Gasteiger partial charge is 0.408 e. The van der Waals surface area contributed by atoms with E-state index in [-0.39, 0.29) is 24.9 Å². The molecule has 0 aromatic heterocycles. The van der Waals surface area contributed by atoms with Crippen LogP contribution in [0, 0.1) is 11.7 Å². The minimum absolute atomic E-state index is 0.161. The molecule has 2 atom stereocenters. The summed E-state index contributed by atoms with van der Waals surface area (Å²) in [6.07, 6.45) is -0.787. The fraction of sp³-hybridized carbons (Fsp3) is 0.444. The lowest BCUT2D eigenvalue weighted by Gasteiger charge is -2.26. The normalized spacial score (nSPS) is 13.0. The second-order valence-electron chi connectivity index (χ2n) is 9.67. The van der Waals surface area contributed by atoms with E-state index in [4.69, 9.17) is 14.2 Å². The number of ether oxygens (including phenoxy) is 3. The summed E-state index contributed by atoms with van der Waals surface area (Å²) >= 11 is 0. The maximum atomic E-state index is 13.5. The van der Waals surface area contributed by atoms with Crippen LogP contribution in [0.1, 0.15) is 40.2 Å². The molecule has 196 valence electrons. The van der Waals surface area contributed by atoms with Crippen molar-refractivity contribution < 1.29 is 33.0 Å². The topological polar surface area (TPSA) is 103 Å². The lowest BCUT2D eigenvalue weighted by Crippen LogP contribution is -2.55. The van der Waals surface area contributed by atoms with E-state index in [1.165, 1.54) is 19.2 Å². The van der Waals surface area contributed by atoms with Gasteiger partial charge < -0.3 is 24.8 Å². The van der Waals surface area contributed by atoms with E-state index in [1.54, 1.807) is 40.7 Å². The van der Waals surface area contributed by atoms with Gasteiger partial charge in [0.05, 0.1) is 20.3 Å². The van der Waals surface area contributed by atoms with Crippen LogP contribution < -0.4 is 10.6 Å². The Morgan fingerprint density at radius 2 is 1.64 bits per heavy atom. The van der Waals surface area contributed by atoms with E-state index in [0.29, 0.717) is 0 Å². The number of nitrogens with one attached hydrogen (secondary N) is 2. The molecule has 0 aliphatic rings. The number of alkyl carbamates (subject to hydrolysis) is 1. The molecule has 8 nitrogen and oxygen atoms in total. The molecular weight excluding hydrogens is 467 g/mol. The Morgan fingerprint density at radius 3 is 2.19 bits per heavy atom. The molecule has 0 saturated carbocycles. The summed E-state index contributed by atoms with van der Waals surface area (Å²) in [6.45, 7) is 8.65. The number of hydrogen-bond acceptors (Lipinski definition) is 6. The lowest BCUT2D eigenvalue weighted by atomic mass is 10.0. The highest BCUT2D eigenvalue weighted by Crippen LogP contribution is 2.21. The van der Waals surface area contributed by atoms with Crippen LogP contribution in [0.5, 0.6) is 0 Å². The van der Waals surface area contributed by atoms with Crippen LogP contribution >= 0.6 is 0 Å². The third kappa shape index (κ3) is 9.30. The summed E-state index contributed by atoms with van der Waals surface area (Å²) in [6, 6.07) is 11.7. The number of carbonyl (C=O) groups excluding carboxylic acids is 3. The van der Waals surface area contributed by atoms with Crippen LogP contribution in [0.25, 0.3) is 11.1 Å². The van der Waals surface area contributed by atoms with Crippen molar-refractivity contribution in [1.29, 1.82) is 0 Å². The zero-order valence-corrected chi connectivity index (χ0v) is 21.6. The first kappa shape index (κ1) is 28.8. The minimum Gasteiger partial charge on any atom is -0.467 e. The molecule has 0 aliphatic carbocycles. The molecule has 36 heavy (non-hydrogen) atoms. The standard InChI is InChI=1S/C27H35FN2O6/c1-17(2)23(25(32)34-6)30-24(31)22(29-26(33)36-27(3,4)5)16-35-15-18-10-12-19(13-11-18)20-8-7-9-21(28)14-20/h7-14,17,22-23H,15-16H2,1-6H3,(H,29,33)(H,30,31)/t22?,23-/m1/s1. The van der Waals surface area contributed by atoms with E-state index < -0.39 is 35.7 Å². The summed E-state index contributed by atoms with van der Waals surface area (Å²) in [5.41, 5.74) is 1.67. The fourth-order valence-corrected chi connectivity index (χ4v) is 3.27. The Balaban J connectivity index is 2.06. The van der Waals surface area contributed by atoms with Crippen LogP contribution in [-0.4, -0.2) is 49.4 Å². The molecule has 9 heteroatoms. The predicted molar refractivity (Wildman–Crippen MR) is 133 cm³/mol. The quantitative estimate of drug-likeness (QED) is 0.472. The Morgan fingerprint density at radius 1 is 0.972 bits per heavy atom. The van der Waals surface area contributed by atoms with Crippen molar-refractivity contribution in [3.8, 4) is 11.1 Å². The molecule has 2 aromatic carbocycles. The van der Waals surface area contributed by atoms with Crippen LogP contribution in [0.15, 0.2) is 48.5 Å². The van der Waals surface area contributed by atoms with Gasteiger partial charge in [-0.05, 0) is 55.5 Å². The average molecular weight is 503 g/mol. The first-order valence-corrected chi connectivity index (χ1v) is 11.7. The van der Waals surface area contributed by atoms with Crippen LogP contribution in [0.4, 0.5) is 9.18 Å². The Hall–Kier alpha value is -3.46. The summed E-state index contributed by atoms with van der Waals surface area (Å²) in [7, 11) is 1.24. The molecule has 0 heterocycles. The number of hydrogen-bond donors (Lipinski definition) is 2. The van der Waals surface area contributed by atoms with E-state index in [0.717, 1.165) is 16.7 Å². The molecule has 0 fully saturated rings. The number of esters is 1. The SMILES string of the molecule is COC(=O)[C@H](NC(=O)C(COCc1ccc(-c2cccc(F)c2)cc1)NC(=O)OC(C)(C)C)C(C)C. The minimum atomic E-state index is -1.11. The summed E-state index contributed by atoms with van der Waals surface area (Å²) in [5, 5.41) is 5.13. The maximum absolute atomic E-state index is 13.5. The van der Waals surface area contributed by atoms with Gasteiger partial charge in [-0.15, -0.1) is 0 Å². The van der Waals surface area contributed by atoms with Gasteiger partial charge >= 0.3 is 12.1 Å². The van der Waals surface area contributed by atoms with E-state index in [2.05, 4.69) is 10.6 Å². The Labute approximate surface area is 211 Å². The Kier molecular flexibility index (Phi) is 10.4. The number of halogens is 1. The molecule has 0 saturated heterocycles. The number of rotatable bonds is 10. The number of methoxy groups -OCH3 is 1. The first-order valence-electron chi connectivity index (χ1n) is 11.7. The van der Waals surface area contributed by atoms with Gasteiger partial charge in [-0.1, -0.05) is 50.2 Å². The van der Waals surface area contributed by atoms with Crippen LogP contribution in [0.3, 0.4) is 0 Å². The molecular formula is C27H35FN2O6. The zero-order chi connectivity index (χ0) is 26.9. The lowest BCUT2D eigenvalue weighted by molar-refractivity contribution is -0.146. The molecule has 2 rings (SSSR count). The van der Waals surface area contributed by atoms with Crippen LogP contribution in [0.2, 0.25) is 0 Å². The molecule has 1 unspecified atom stereocenters. The summed E-state index contributed by atoms with van der Waals surface area (Å²) in [4.78, 5) is 37.3. The maximum Gasteiger partial charge on any atom is 0.408 e. The van der Waals surface area contributed by atoms with Gasteiger partial charge in [0.1, 0.15) is 23.5 Å². The number of carbonyl (C=O) groups is 3. The highest BCUT2D eigenvalue weighted by molar-refractivity contribution is 5.89. The summed E-state index contributed by atoms with van der Waals surface area (Å²) < 4.78 is 29.2. The second-order valence-corrected chi connectivity index (χ2v) is 9.67. The zero-order valence-electron chi connectivity index (χ0n) is 21.6. The van der Waals surface area contributed by atoms with Crippen molar-refractivity contribution >= 4 is 18.0 Å².